The van der Waals surface area contributed by atoms with Gasteiger partial charge in [0.2, 0.25) is 0 Å². The zero-order valence-electron chi connectivity index (χ0n) is 7.31. The lowest BCUT2D eigenvalue weighted by molar-refractivity contribution is -0.122. The number of carboxylic acid groups (broad SMARTS) is 1. The van der Waals surface area contributed by atoms with E-state index in [4.69, 9.17) is 9.90 Å². The molecule has 1 aliphatic rings. The average molecular weight is 176 g/mol. The van der Waals surface area contributed by atoms with E-state index in [1.165, 1.54) is 24.0 Å². The number of allylic oxidation sites excluding steroid dienone is 1. The molecule has 13 heavy (non-hydrogen) atoms. The summed E-state index contributed by atoms with van der Waals surface area (Å²) in [6, 6.07) is 8.58. The summed E-state index contributed by atoms with van der Waals surface area (Å²) in [5.41, 5.74) is 2.89. The van der Waals surface area contributed by atoms with Gasteiger partial charge >= 0.3 is 0 Å². The van der Waals surface area contributed by atoms with Crippen LogP contribution in [0.3, 0.4) is 0 Å². The first-order chi connectivity index (χ1) is 6.38. The van der Waals surface area contributed by atoms with Crippen molar-refractivity contribution >= 4 is 12.5 Å². The van der Waals surface area contributed by atoms with Crippen LogP contribution in [0, 0.1) is 0 Å². The van der Waals surface area contributed by atoms with Crippen LogP contribution in [0.1, 0.15) is 17.5 Å². The maximum absolute atomic E-state index is 8.36. The molecule has 0 atom stereocenters. The Morgan fingerprint density at radius 2 is 2.00 bits per heavy atom. The third kappa shape index (κ3) is 2.75. The van der Waals surface area contributed by atoms with E-state index in [9.17, 15) is 0 Å². The summed E-state index contributed by atoms with van der Waals surface area (Å²) in [5, 5.41) is 6.89. The van der Waals surface area contributed by atoms with E-state index in [-0.39, 0.29) is 6.47 Å². The fraction of sp³-hybridized carbons (Fsp3) is 0.182. The van der Waals surface area contributed by atoms with Gasteiger partial charge in [-0.1, -0.05) is 36.4 Å². The maximum atomic E-state index is 8.36. The highest BCUT2D eigenvalue weighted by Gasteiger charge is 2.00. The fourth-order valence-corrected chi connectivity index (χ4v) is 1.37. The summed E-state index contributed by atoms with van der Waals surface area (Å²) in [6.45, 7) is -0.250. The molecule has 0 fully saturated rings. The molecule has 0 spiro atoms. The Hall–Kier alpha value is -1.57. The Labute approximate surface area is 77.5 Å². The minimum Gasteiger partial charge on any atom is -0.483 e. The van der Waals surface area contributed by atoms with Crippen LogP contribution in [0.25, 0.3) is 6.08 Å². The minimum atomic E-state index is -0.250. The molecule has 68 valence electrons. The highest BCUT2D eigenvalue weighted by molar-refractivity contribution is 5.55. The molecule has 2 rings (SSSR count). The molecule has 0 amide bonds. The smallest absolute Gasteiger partial charge is 0.290 e. The van der Waals surface area contributed by atoms with E-state index in [1.807, 2.05) is 0 Å². The van der Waals surface area contributed by atoms with Crippen molar-refractivity contribution in [3.8, 4) is 0 Å². The van der Waals surface area contributed by atoms with Crippen molar-refractivity contribution in [1.29, 1.82) is 0 Å². The number of hydrogen-bond donors (Lipinski definition) is 1. The van der Waals surface area contributed by atoms with E-state index in [0.29, 0.717) is 0 Å². The second kappa shape index (κ2) is 5.14. The fourth-order valence-electron chi connectivity index (χ4n) is 1.37. The minimum absolute atomic E-state index is 0.250. The third-order valence-electron chi connectivity index (χ3n) is 1.93. The lowest BCUT2D eigenvalue weighted by Gasteiger charge is -2.07. The summed E-state index contributed by atoms with van der Waals surface area (Å²) >= 11 is 0. The molecule has 0 bridgehead atoms. The number of carbonyl (C=O) groups is 1. The standard InChI is InChI=1S/C10H10.CH2O2/c1-2-6-10-8-4-3-7-9(10)5-1;2-1-3/h1-3,5-7H,4,8H2;1H,(H,2,3). The maximum Gasteiger partial charge on any atom is 0.290 e. The lowest BCUT2D eigenvalue weighted by Crippen LogP contribution is -1.91. The second-order valence-corrected chi connectivity index (χ2v) is 2.75. The topological polar surface area (TPSA) is 37.3 Å². The molecule has 1 aromatic rings. The Bertz CT molecular complexity index is 303. The van der Waals surface area contributed by atoms with Gasteiger partial charge in [0.1, 0.15) is 0 Å². The van der Waals surface area contributed by atoms with Crippen LogP contribution in [-0.4, -0.2) is 11.6 Å². The van der Waals surface area contributed by atoms with Gasteiger partial charge < -0.3 is 5.11 Å². The first-order valence-corrected chi connectivity index (χ1v) is 4.21. The zero-order chi connectivity index (χ0) is 9.52. The Morgan fingerprint density at radius 3 is 2.69 bits per heavy atom. The monoisotopic (exact) mass is 176 g/mol. The van der Waals surface area contributed by atoms with Gasteiger partial charge in [0.15, 0.2) is 0 Å². The van der Waals surface area contributed by atoms with Crippen LogP contribution in [0.4, 0.5) is 0 Å². The molecule has 0 aliphatic heterocycles. The second-order valence-electron chi connectivity index (χ2n) is 2.75. The molecule has 2 heteroatoms. The lowest BCUT2D eigenvalue weighted by atomic mass is 9.98. The van der Waals surface area contributed by atoms with Crippen molar-refractivity contribution in [2.24, 2.45) is 0 Å². The van der Waals surface area contributed by atoms with E-state index < -0.39 is 0 Å². The molecule has 1 aliphatic carbocycles. The molecule has 0 radical (unpaired) electrons. The summed E-state index contributed by atoms with van der Waals surface area (Å²) in [4.78, 5) is 8.36. The van der Waals surface area contributed by atoms with E-state index in [1.54, 1.807) is 0 Å². The number of hydrogen-bond acceptors (Lipinski definition) is 1. The number of fused-ring (bicyclic) bond motifs is 1. The molecule has 1 N–H and O–H groups in total. The van der Waals surface area contributed by atoms with Gasteiger partial charge in [0.05, 0.1) is 0 Å². The van der Waals surface area contributed by atoms with Crippen LogP contribution in [0.5, 0.6) is 0 Å². The molecule has 1 aromatic carbocycles. The first-order valence-electron chi connectivity index (χ1n) is 4.21. The number of benzene rings is 1. The molecule has 0 aromatic heterocycles. The van der Waals surface area contributed by atoms with Gasteiger partial charge in [-0.05, 0) is 24.0 Å². The largest absolute Gasteiger partial charge is 0.483 e. The Balaban J connectivity index is 0.000000251. The Morgan fingerprint density at radius 1 is 1.31 bits per heavy atom. The SMILES string of the molecule is C1=Cc2ccccc2CC1.O=CO. The zero-order valence-corrected chi connectivity index (χ0v) is 7.31. The van der Waals surface area contributed by atoms with Crippen LogP contribution >= 0.6 is 0 Å². The van der Waals surface area contributed by atoms with Gasteiger partial charge in [-0.15, -0.1) is 0 Å². The molecule has 0 unspecified atom stereocenters. The van der Waals surface area contributed by atoms with Crippen molar-refractivity contribution in [2.45, 2.75) is 12.8 Å². The van der Waals surface area contributed by atoms with Crippen molar-refractivity contribution in [3.05, 3.63) is 41.5 Å². The van der Waals surface area contributed by atoms with Gasteiger partial charge in [-0.2, -0.15) is 0 Å². The van der Waals surface area contributed by atoms with Crippen LogP contribution in [0.2, 0.25) is 0 Å². The average Bonchev–Trinajstić information content (AvgIpc) is 2.19. The summed E-state index contributed by atoms with van der Waals surface area (Å²) in [7, 11) is 0. The number of aryl methyl sites for hydroxylation is 1. The van der Waals surface area contributed by atoms with Crippen molar-refractivity contribution in [3.63, 3.8) is 0 Å². The predicted molar refractivity (Wildman–Crippen MR) is 52.5 cm³/mol. The molecule has 0 saturated heterocycles. The highest BCUT2D eigenvalue weighted by atomic mass is 16.3. The van der Waals surface area contributed by atoms with E-state index in [2.05, 4.69) is 36.4 Å². The van der Waals surface area contributed by atoms with Gasteiger partial charge in [0.25, 0.3) is 6.47 Å². The summed E-state index contributed by atoms with van der Waals surface area (Å²) < 4.78 is 0. The molecule has 0 heterocycles. The van der Waals surface area contributed by atoms with Crippen molar-refractivity contribution in [2.75, 3.05) is 0 Å². The highest BCUT2D eigenvalue weighted by Crippen LogP contribution is 2.17. The van der Waals surface area contributed by atoms with Gasteiger partial charge in [0, 0.05) is 0 Å². The third-order valence-corrected chi connectivity index (χ3v) is 1.93. The van der Waals surface area contributed by atoms with Crippen LogP contribution in [-0.2, 0) is 11.2 Å². The van der Waals surface area contributed by atoms with Crippen LogP contribution in [0.15, 0.2) is 30.3 Å². The van der Waals surface area contributed by atoms with E-state index in [0.717, 1.165) is 0 Å². The quantitative estimate of drug-likeness (QED) is 0.616. The molecular formula is C11H12O2. The Kier molecular flexibility index (Phi) is 3.76. The van der Waals surface area contributed by atoms with Crippen molar-refractivity contribution in [1.82, 2.24) is 0 Å². The summed E-state index contributed by atoms with van der Waals surface area (Å²) in [5.74, 6) is 0. The van der Waals surface area contributed by atoms with Gasteiger partial charge in [-0.3, -0.25) is 4.79 Å². The normalized spacial score (nSPS) is 12.3. The molecule has 2 nitrogen and oxygen atoms in total. The first kappa shape index (κ1) is 9.52. The van der Waals surface area contributed by atoms with Gasteiger partial charge in [-0.25, -0.2) is 0 Å². The molecular weight excluding hydrogens is 164 g/mol. The molecule has 0 saturated carbocycles. The van der Waals surface area contributed by atoms with Crippen LogP contribution < -0.4 is 0 Å². The van der Waals surface area contributed by atoms with E-state index >= 15 is 0 Å². The summed E-state index contributed by atoms with van der Waals surface area (Å²) in [6.07, 6.45) is 6.87. The van der Waals surface area contributed by atoms with Crippen molar-refractivity contribution < 1.29 is 9.90 Å². The predicted octanol–water partition coefficient (Wildman–Crippen LogP) is 2.35. The number of rotatable bonds is 0.